The summed E-state index contributed by atoms with van der Waals surface area (Å²) >= 11 is 6.37. The van der Waals surface area contributed by atoms with Crippen molar-refractivity contribution in [2.45, 2.75) is 0 Å². The summed E-state index contributed by atoms with van der Waals surface area (Å²) in [5.41, 5.74) is 10.3. The molecule has 0 spiro atoms. The molecule has 4 N–H and O–H groups in total. The van der Waals surface area contributed by atoms with Gasteiger partial charge in [-0.25, -0.2) is 14.4 Å². The molecule has 0 aliphatic carbocycles. The molecule has 0 bridgehead atoms. The van der Waals surface area contributed by atoms with Crippen LogP contribution in [0.25, 0.3) is 22.2 Å². The predicted octanol–water partition coefficient (Wildman–Crippen LogP) is 4.74. The minimum Gasteiger partial charge on any atom is -0.397 e. The van der Waals surface area contributed by atoms with E-state index in [0.29, 0.717) is 38.8 Å². The molecule has 0 aliphatic heterocycles. The highest BCUT2D eigenvalue weighted by molar-refractivity contribution is 6.33. The van der Waals surface area contributed by atoms with Crippen LogP contribution in [0.4, 0.5) is 27.4 Å². The lowest BCUT2D eigenvalue weighted by molar-refractivity contribution is 0.416. The lowest BCUT2D eigenvalue weighted by Crippen LogP contribution is -2.28. The highest BCUT2D eigenvalue weighted by Crippen LogP contribution is 2.34. The van der Waals surface area contributed by atoms with E-state index in [1.807, 2.05) is 45.4 Å². The van der Waals surface area contributed by atoms with E-state index >= 15 is 0 Å². The third kappa shape index (κ3) is 4.46. The number of anilines is 4. The summed E-state index contributed by atoms with van der Waals surface area (Å²) in [4.78, 5) is 16.1. The van der Waals surface area contributed by atoms with Crippen molar-refractivity contribution in [3.63, 3.8) is 0 Å². The molecule has 2 aromatic heterocycles. The molecule has 0 unspecified atom stereocenters. The first kappa shape index (κ1) is 21.9. The van der Waals surface area contributed by atoms with Gasteiger partial charge in [0.15, 0.2) is 0 Å². The van der Waals surface area contributed by atoms with Crippen molar-refractivity contribution in [3.8, 4) is 11.3 Å². The summed E-state index contributed by atoms with van der Waals surface area (Å²) in [6.45, 7) is 1.79. The van der Waals surface area contributed by atoms with Gasteiger partial charge in [0.25, 0.3) is 0 Å². The van der Waals surface area contributed by atoms with Gasteiger partial charge >= 0.3 is 0 Å². The van der Waals surface area contributed by atoms with E-state index in [9.17, 15) is 4.39 Å². The molecule has 32 heavy (non-hydrogen) atoms. The second kappa shape index (κ2) is 9.02. The van der Waals surface area contributed by atoms with E-state index in [4.69, 9.17) is 17.3 Å². The first-order valence-electron chi connectivity index (χ1n) is 10.1. The number of hydrogen-bond donors (Lipinski definition) is 3. The minimum atomic E-state index is -0.330. The molecular formula is C23H25ClFN7. The van der Waals surface area contributed by atoms with Crippen LogP contribution in [-0.4, -0.2) is 54.1 Å². The number of aromatic amines is 1. The maximum atomic E-state index is 14.1. The third-order valence-corrected chi connectivity index (χ3v) is 5.52. The summed E-state index contributed by atoms with van der Waals surface area (Å²) in [5.74, 6) is 0.0339. The number of nitrogens with zero attached hydrogens (tertiary/aromatic N) is 4. The number of halogens is 2. The minimum absolute atomic E-state index is 0.330. The molecule has 2 heterocycles. The molecule has 0 saturated heterocycles. The van der Waals surface area contributed by atoms with Gasteiger partial charge in [-0.1, -0.05) is 23.7 Å². The highest BCUT2D eigenvalue weighted by Gasteiger charge is 2.15. The van der Waals surface area contributed by atoms with Gasteiger partial charge in [0.2, 0.25) is 5.95 Å². The largest absolute Gasteiger partial charge is 0.397 e. The molecule has 0 fully saturated rings. The first-order chi connectivity index (χ1) is 15.3. The van der Waals surface area contributed by atoms with E-state index in [0.717, 1.165) is 24.5 Å². The molecule has 0 radical (unpaired) electrons. The normalized spacial score (nSPS) is 11.3. The number of likely N-dealkylation sites (N-methyl/N-ethyl adjacent to an activating group) is 2. The lowest BCUT2D eigenvalue weighted by atomic mass is 10.1. The number of H-pyrrole nitrogens is 1. The predicted molar refractivity (Wildman–Crippen MR) is 130 cm³/mol. The average molecular weight is 454 g/mol. The van der Waals surface area contributed by atoms with Gasteiger partial charge in [-0.05, 0) is 38.4 Å². The van der Waals surface area contributed by atoms with Crippen molar-refractivity contribution in [2.24, 2.45) is 0 Å². The van der Waals surface area contributed by atoms with Gasteiger partial charge in [-0.15, -0.1) is 0 Å². The summed E-state index contributed by atoms with van der Waals surface area (Å²) in [6, 6.07) is 10.6. The van der Waals surface area contributed by atoms with Gasteiger partial charge in [-0.2, -0.15) is 0 Å². The number of aromatic nitrogens is 3. The van der Waals surface area contributed by atoms with Crippen LogP contribution in [0.15, 0.2) is 48.8 Å². The van der Waals surface area contributed by atoms with Crippen molar-refractivity contribution >= 4 is 45.5 Å². The number of fused-ring (bicyclic) bond motifs is 1. The van der Waals surface area contributed by atoms with Crippen molar-refractivity contribution in [1.82, 2.24) is 19.9 Å². The van der Waals surface area contributed by atoms with E-state index in [2.05, 4.69) is 30.1 Å². The summed E-state index contributed by atoms with van der Waals surface area (Å²) < 4.78 is 14.1. The van der Waals surface area contributed by atoms with Gasteiger partial charge in [0.05, 0.1) is 33.8 Å². The van der Waals surface area contributed by atoms with Crippen LogP contribution in [0.5, 0.6) is 0 Å². The molecule has 0 saturated carbocycles. The van der Waals surface area contributed by atoms with Crippen molar-refractivity contribution in [1.29, 1.82) is 0 Å². The Morgan fingerprint density at radius 3 is 2.72 bits per heavy atom. The third-order valence-electron chi connectivity index (χ3n) is 5.24. The quantitative estimate of drug-likeness (QED) is 0.350. The number of hydrogen-bond acceptors (Lipinski definition) is 6. The molecule has 0 atom stereocenters. The first-order valence-corrected chi connectivity index (χ1v) is 10.5. The number of nitrogens with two attached hydrogens (primary N) is 1. The summed E-state index contributed by atoms with van der Waals surface area (Å²) in [5, 5.41) is 4.25. The number of rotatable bonds is 7. The second-order valence-corrected chi connectivity index (χ2v) is 8.29. The molecule has 0 aliphatic rings. The molecule has 7 nitrogen and oxygen atoms in total. The molecule has 2 aromatic carbocycles. The summed E-state index contributed by atoms with van der Waals surface area (Å²) in [6.07, 6.45) is 3.22. The molecule has 0 amide bonds. The van der Waals surface area contributed by atoms with Crippen molar-refractivity contribution in [3.05, 3.63) is 59.6 Å². The van der Waals surface area contributed by atoms with Crippen LogP contribution in [0.3, 0.4) is 0 Å². The number of nitrogen functional groups attached to an aromatic ring is 1. The zero-order valence-electron chi connectivity index (χ0n) is 18.2. The van der Waals surface area contributed by atoms with E-state index in [-0.39, 0.29) is 5.82 Å². The van der Waals surface area contributed by atoms with Crippen LogP contribution in [0.1, 0.15) is 0 Å². The fraction of sp³-hybridized carbons (Fsp3) is 0.217. The lowest BCUT2D eigenvalue weighted by Gasteiger charge is -2.23. The Labute approximate surface area is 191 Å². The van der Waals surface area contributed by atoms with Gasteiger partial charge in [-0.3, -0.25) is 0 Å². The van der Waals surface area contributed by atoms with Crippen LogP contribution < -0.4 is 16.0 Å². The molecular weight excluding hydrogens is 429 g/mol. The zero-order chi connectivity index (χ0) is 22.8. The molecule has 4 aromatic rings. The standard InChI is InChI=1S/C23H25ClFN7/c1-31(2)9-10-32(3)20-8-7-14(11-19(20)26)29-23-28-13-17(24)21(30-23)16-12-27-22-15(16)5-4-6-18(22)25/h4-8,11-13,27H,9-10,26H2,1-3H3,(H,28,29,30). The Hall–Kier alpha value is -3.36. The summed E-state index contributed by atoms with van der Waals surface area (Å²) in [7, 11) is 6.09. The Bertz CT molecular complexity index is 1250. The maximum Gasteiger partial charge on any atom is 0.227 e. The zero-order valence-corrected chi connectivity index (χ0v) is 18.9. The van der Waals surface area contributed by atoms with Crippen LogP contribution in [-0.2, 0) is 0 Å². The number of para-hydroxylation sites is 1. The highest BCUT2D eigenvalue weighted by atomic mass is 35.5. The van der Waals surface area contributed by atoms with Crippen LogP contribution >= 0.6 is 11.6 Å². The SMILES string of the molecule is CN(C)CCN(C)c1ccc(Nc2ncc(Cl)c(-c3c[nH]c4c(F)cccc34)n2)cc1N. The van der Waals surface area contributed by atoms with Gasteiger partial charge in [0, 0.05) is 43.0 Å². The fourth-order valence-corrected chi connectivity index (χ4v) is 3.70. The Morgan fingerprint density at radius 2 is 1.97 bits per heavy atom. The second-order valence-electron chi connectivity index (χ2n) is 7.88. The van der Waals surface area contributed by atoms with Gasteiger partial charge in [0.1, 0.15) is 5.82 Å². The molecule has 9 heteroatoms. The Morgan fingerprint density at radius 1 is 1.16 bits per heavy atom. The smallest absolute Gasteiger partial charge is 0.227 e. The van der Waals surface area contributed by atoms with Crippen molar-refractivity contribution < 1.29 is 4.39 Å². The van der Waals surface area contributed by atoms with Gasteiger partial charge < -0.3 is 25.8 Å². The number of nitrogens with one attached hydrogen (secondary N) is 2. The van der Waals surface area contributed by atoms with Crippen LogP contribution in [0.2, 0.25) is 5.02 Å². The molecule has 4 rings (SSSR count). The average Bonchev–Trinajstić information content (AvgIpc) is 3.19. The molecule has 166 valence electrons. The topological polar surface area (TPSA) is 86.1 Å². The Balaban J connectivity index is 1.59. The van der Waals surface area contributed by atoms with E-state index in [1.54, 1.807) is 12.3 Å². The van der Waals surface area contributed by atoms with Crippen molar-refractivity contribution in [2.75, 3.05) is 50.2 Å². The van der Waals surface area contributed by atoms with Crippen LogP contribution in [0, 0.1) is 5.82 Å². The Kier molecular flexibility index (Phi) is 6.16. The van der Waals surface area contributed by atoms with E-state index < -0.39 is 0 Å². The fourth-order valence-electron chi connectivity index (χ4n) is 3.51. The maximum absolute atomic E-state index is 14.1. The van der Waals surface area contributed by atoms with E-state index in [1.165, 1.54) is 12.3 Å². The number of benzene rings is 2. The monoisotopic (exact) mass is 453 g/mol.